The van der Waals surface area contributed by atoms with Crippen molar-refractivity contribution in [2.24, 2.45) is 0 Å². The van der Waals surface area contributed by atoms with Gasteiger partial charge in [-0.2, -0.15) is 13.2 Å². The lowest BCUT2D eigenvalue weighted by Crippen LogP contribution is -2.29. The number of carbonyl (C=O) groups excluding carboxylic acids is 2. The summed E-state index contributed by atoms with van der Waals surface area (Å²) >= 11 is 0. The molecule has 7 nitrogen and oxygen atoms in total. The molecule has 1 aliphatic rings. The van der Waals surface area contributed by atoms with Gasteiger partial charge in [0.15, 0.2) is 12.8 Å². The van der Waals surface area contributed by atoms with Gasteiger partial charge in [0.05, 0.1) is 36.4 Å². The second-order valence-electron chi connectivity index (χ2n) is 8.15. The van der Waals surface area contributed by atoms with Crippen LogP contribution in [0, 0.1) is 5.82 Å². The van der Waals surface area contributed by atoms with Crippen molar-refractivity contribution in [1.82, 2.24) is 0 Å². The standard InChI is InChI=1S/C26H23F4NO6/c1-3-35-19(32)12-14-9-10-18(17(27)11-14)31-24(33)20-21(25(31)34)23(37-13-26(28,29)30)16-8-6-5-7-15(16)22(20)36-4-2/h5-11,24,33H,3-4,12-13H2,1-2H3. The number of ether oxygens (including phenoxy) is 3. The van der Waals surface area contributed by atoms with Gasteiger partial charge in [0.1, 0.15) is 17.3 Å². The normalized spacial score (nSPS) is 15.2. The zero-order chi connectivity index (χ0) is 26.9. The van der Waals surface area contributed by atoms with Crippen molar-refractivity contribution in [2.45, 2.75) is 32.7 Å². The zero-order valence-corrected chi connectivity index (χ0v) is 19.9. The molecular weight excluding hydrogens is 498 g/mol. The number of amides is 1. The topological polar surface area (TPSA) is 85.3 Å². The van der Waals surface area contributed by atoms with Crippen LogP contribution >= 0.6 is 0 Å². The number of alkyl halides is 3. The molecule has 1 unspecified atom stereocenters. The molecule has 3 aromatic carbocycles. The molecule has 1 aliphatic heterocycles. The molecule has 0 aromatic heterocycles. The van der Waals surface area contributed by atoms with Crippen molar-refractivity contribution >= 4 is 28.3 Å². The van der Waals surface area contributed by atoms with Crippen molar-refractivity contribution in [3.8, 4) is 11.5 Å². The summed E-state index contributed by atoms with van der Waals surface area (Å²) in [5, 5.41) is 11.7. The monoisotopic (exact) mass is 521 g/mol. The number of anilines is 1. The van der Waals surface area contributed by atoms with Crippen LogP contribution in [0.4, 0.5) is 23.2 Å². The first-order valence-electron chi connectivity index (χ1n) is 11.4. The number of benzene rings is 3. The zero-order valence-electron chi connectivity index (χ0n) is 19.9. The molecule has 3 aromatic rings. The van der Waals surface area contributed by atoms with Gasteiger partial charge >= 0.3 is 12.1 Å². The van der Waals surface area contributed by atoms with Gasteiger partial charge in [-0.3, -0.25) is 14.5 Å². The third kappa shape index (κ3) is 5.04. The quantitative estimate of drug-likeness (QED) is 0.329. The van der Waals surface area contributed by atoms with E-state index in [0.717, 1.165) is 11.0 Å². The van der Waals surface area contributed by atoms with E-state index in [0.29, 0.717) is 5.39 Å². The predicted octanol–water partition coefficient (Wildman–Crippen LogP) is 5.08. The molecule has 1 atom stereocenters. The van der Waals surface area contributed by atoms with E-state index in [1.165, 1.54) is 18.2 Å². The molecule has 4 rings (SSSR count). The van der Waals surface area contributed by atoms with E-state index in [-0.39, 0.29) is 53.1 Å². The summed E-state index contributed by atoms with van der Waals surface area (Å²) < 4.78 is 70.0. The third-order valence-electron chi connectivity index (χ3n) is 5.69. The van der Waals surface area contributed by atoms with Crippen molar-refractivity contribution in [2.75, 3.05) is 24.7 Å². The molecule has 0 saturated heterocycles. The van der Waals surface area contributed by atoms with Crippen molar-refractivity contribution < 1.29 is 46.5 Å². The minimum atomic E-state index is -4.70. The van der Waals surface area contributed by atoms with Gasteiger partial charge in [-0.05, 0) is 31.5 Å². The number of halogens is 4. The second kappa shape index (κ2) is 10.3. The van der Waals surface area contributed by atoms with Gasteiger partial charge in [-0.15, -0.1) is 0 Å². The van der Waals surface area contributed by atoms with Crippen molar-refractivity contribution in [3.05, 3.63) is 65.0 Å². The summed E-state index contributed by atoms with van der Waals surface area (Å²) in [6.45, 7) is 1.89. The Morgan fingerprint density at radius 3 is 2.30 bits per heavy atom. The van der Waals surface area contributed by atoms with Gasteiger partial charge in [0.2, 0.25) is 0 Å². The molecule has 0 aliphatic carbocycles. The maximum atomic E-state index is 15.2. The molecule has 0 saturated carbocycles. The fraction of sp³-hybridized carbons (Fsp3) is 0.308. The molecule has 1 amide bonds. The number of hydrogen-bond acceptors (Lipinski definition) is 6. The number of aliphatic hydroxyl groups is 1. The summed E-state index contributed by atoms with van der Waals surface area (Å²) in [5.74, 6) is -2.78. The summed E-state index contributed by atoms with van der Waals surface area (Å²) in [6, 6.07) is 9.82. The highest BCUT2D eigenvalue weighted by Crippen LogP contribution is 2.50. The highest BCUT2D eigenvalue weighted by molar-refractivity contribution is 6.17. The molecule has 1 heterocycles. The van der Waals surface area contributed by atoms with Gasteiger partial charge in [0, 0.05) is 10.8 Å². The Kier molecular flexibility index (Phi) is 7.26. The maximum Gasteiger partial charge on any atom is 0.422 e. The summed E-state index contributed by atoms with van der Waals surface area (Å²) in [7, 11) is 0. The fourth-order valence-corrected chi connectivity index (χ4v) is 4.29. The lowest BCUT2D eigenvalue weighted by molar-refractivity contribution is -0.153. The number of esters is 1. The van der Waals surface area contributed by atoms with Crippen LogP contribution in [0.1, 0.15) is 41.6 Å². The van der Waals surface area contributed by atoms with Crippen molar-refractivity contribution in [3.63, 3.8) is 0 Å². The minimum absolute atomic E-state index is 0.0788. The average Bonchev–Trinajstić information content (AvgIpc) is 3.08. The van der Waals surface area contributed by atoms with E-state index in [4.69, 9.17) is 14.2 Å². The van der Waals surface area contributed by atoms with Crippen molar-refractivity contribution in [1.29, 1.82) is 0 Å². The largest absolute Gasteiger partial charge is 0.493 e. The van der Waals surface area contributed by atoms with Gasteiger partial charge in [-0.1, -0.05) is 30.3 Å². The minimum Gasteiger partial charge on any atom is -0.493 e. The number of nitrogens with zero attached hydrogens (tertiary/aromatic N) is 1. The van der Waals surface area contributed by atoms with Crippen LogP contribution < -0.4 is 14.4 Å². The van der Waals surface area contributed by atoms with E-state index >= 15 is 4.39 Å². The van der Waals surface area contributed by atoms with E-state index in [1.807, 2.05) is 0 Å². The maximum absolute atomic E-state index is 15.2. The van der Waals surface area contributed by atoms with Gasteiger partial charge in [-0.25, -0.2) is 4.39 Å². The third-order valence-corrected chi connectivity index (χ3v) is 5.69. The van der Waals surface area contributed by atoms with Crippen LogP contribution in [0.2, 0.25) is 0 Å². The lowest BCUT2D eigenvalue weighted by atomic mass is 9.98. The van der Waals surface area contributed by atoms with Crippen LogP contribution in [0.5, 0.6) is 11.5 Å². The Balaban J connectivity index is 1.85. The molecule has 0 bridgehead atoms. The number of hydrogen-bond donors (Lipinski definition) is 1. The van der Waals surface area contributed by atoms with E-state index in [1.54, 1.807) is 32.0 Å². The predicted molar refractivity (Wildman–Crippen MR) is 125 cm³/mol. The molecule has 196 valence electrons. The SMILES string of the molecule is CCOC(=O)Cc1ccc(N2C(=O)c3c(c(OCC)c4ccccc4c3OCC(F)(F)F)C2O)c(F)c1. The molecule has 0 radical (unpaired) electrons. The molecule has 0 fully saturated rings. The van der Waals surface area contributed by atoms with Crippen LogP contribution in [0.25, 0.3) is 10.8 Å². The number of fused-ring (bicyclic) bond motifs is 2. The molecular formula is C26H23F4NO6. The Morgan fingerprint density at radius 1 is 1.03 bits per heavy atom. The average molecular weight is 521 g/mol. The van der Waals surface area contributed by atoms with E-state index in [9.17, 15) is 27.9 Å². The molecule has 1 N–H and O–H groups in total. The number of aliphatic hydroxyl groups excluding tert-OH is 1. The Hall–Kier alpha value is -3.86. The fourth-order valence-electron chi connectivity index (χ4n) is 4.29. The Bertz CT molecular complexity index is 1360. The Morgan fingerprint density at radius 2 is 1.70 bits per heavy atom. The highest BCUT2D eigenvalue weighted by Gasteiger charge is 2.44. The summed E-state index contributed by atoms with van der Waals surface area (Å²) in [6.07, 6.45) is -6.70. The van der Waals surface area contributed by atoms with Gasteiger partial charge in [0.25, 0.3) is 5.91 Å². The Labute approximate surface area is 209 Å². The smallest absolute Gasteiger partial charge is 0.422 e. The highest BCUT2D eigenvalue weighted by atomic mass is 19.4. The number of carbonyl (C=O) groups is 2. The first-order chi connectivity index (χ1) is 17.6. The lowest BCUT2D eigenvalue weighted by Gasteiger charge is -2.22. The first kappa shape index (κ1) is 26.2. The second-order valence-corrected chi connectivity index (χ2v) is 8.15. The van der Waals surface area contributed by atoms with Gasteiger partial charge < -0.3 is 19.3 Å². The number of rotatable bonds is 8. The van der Waals surface area contributed by atoms with E-state index < -0.39 is 42.5 Å². The molecule has 11 heteroatoms. The van der Waals surface area contributed by atoms with Crippen LogP contribution in [-0.4, -0.2) is 43.0 Å². The summed E-state index contributed by atoms with van der Waals surface area (Å²) in [5.41, 5.74) is -0.547. The molecule has 0 spiro atoms. The van der Waals surface area contributed by atoms with E-state index in [2.05, 4.69) is 0 Å². The summed E-state index contributed by atoms with van der Waals surface area (Å²) in [4.78, 5) is 26.0. The van der Waals surface area contributed by atoms with Crippen LogP contribution in [0.15, 0.2) is 42.5 Å². The van der Waals surface area contributed by atoms with Crippen LogP contribution in [-0.2, 0) is 16.0 Å². The first-order valence-corrected chi connectivity index (χ1v) is 11.4. The van der Waals surface area contributed by atoms with Crippen LogP contribution in [0.3, 0.4) is 0 Å². The molecule has 37 heavy (non-hydrogen) atoms.